The minimum absolute atomic E-state index is 0.176. The van der Waals surface area contributed by atoms with Gasteiger partial charge in [0.25, 0.3) is 0 Å². The second kappa shape index (κ2) is 5.51. The highest BCUT2D eigenvalue weighted by atomic mass is 35.5. The first-order chi connectivity index (χ1) is 8.93. The van der Waals surface area contributed by atoms with E-state index in [0.717, 1.165) is 34.2 Å². The molecule has 2 rings (SSSR count). The topological polar surface area (TPSA) is 26.3 Å². The Labute approximate surface area is 120 Å². The Morgan fingerprint density at radius 3 is 2.47 bits per heavy atom. The summed E-state index contributed by atoms with van der Waals surface area (Å²) in [6, 6.07) is 9.83. The average Bonchev–Trinajstić information content (AvgIpc) is 2.38. The highest BCUT2D eigenvalue weighted by molar-refractivity contribution is 6.78. The number of esters is 1. The molecule has 0 atom stereocenters. The summed E-state index contributed by atoms with van der Waals surface area (Å²) in [5, 5.41) is 0.717. The zero-order valence-electron chi connectivity index (χ0n) is 11.6. The van der Waals surface area contributed by atoms with Crippen LogP contribution in [-0.2, 0) is 9.53 Å². The lowest BCUT2D eigenvalue weighted by atomic mass is 9.98. The molecule has 2 nitrogen and oxygen atoms in total. The van der Waals surface area contributed by atoms with E-state index in [9.17, 15) is 4.79 Å². The average molecular weight is 295 g/mol. The van der Waals surface area contributed by atoms with Crippen LogP contribution in [0.1, 0.15) is 12.0 Å². The van der Waals surface area contributed by atoms with Crippen LogP contribution in [0, 0.1) is 0 Å². The molecule has 0 radical (unpaired) electrons. The van der Waals surface area contributed by atoms with Gasteiger partial charge in [0, 0.05) is 10.6 Å². The van der Waals surface area contributed by atoms with Crippen molar-refractivity contribution in [1.29, 1.82) is 0 Å². The molecule has 0 aliphatic carbocycles. The van der Waals surface area contributed by atoms with Gasteiger partial charge in [0.1, 0.15) is 0 Å². The third-order valence-corrected chi connectivity index (χ3v) is 6.86. The molecule has 1 heterocycles. The Hall–Kier alpha value is -1.06. The number of ether oxygens (including phenoxy) is 1. The van der Waals surface area contributed by atoms with Crippen LogP contribution < -0.4 is 0 Å². The maximum absolute atomic E-state index is 12.0. The lowest BCUT2D eigenvalue weighted by Gasteiger charge is -2.30. The van der Waals surface area contributed by atoms with Crippen LogP contribution in [0.5, 0.6) is 0 Å². The van der Waals surface area contributed by atoms with E-state index >= 15 is 0 Å². The van der Waals surface area contributed by atoms with Crippen LogP contribution in [0.15, 0.2) is 29.8 Å². The first-order valence-corrected chi connectivity index (χ1v) is 10.3. The van der Waals surface area contributed by atoms with Crippen LogP contribution in [0.25, 0.3) is 5.57 Å². The molecule has 0 aromatic heterocycles. The van der Waals surface area contributed by atoms with E-state index in [-0.39, 0.29) is 5.97 Å². The Bertz CT molecular complexity index is 517. The van der Waals surface area contributed by atoms with E-state index in [1.54, 1.807) is 0 Å². The molecule has 0 N–H and O–H groups in total. The number of hydrogen-bond donors (Lipinski definition) is 0. The van der Waals surface area contributed by atoms with Crippen molar-refractivity contribution in [3.05, 3.63) is 40.4 Å². The van der Waals surface area contributed by atoms with Crippen molar-refractivity contribution >= 4 is 31.2 Å². The van der Waals surface area contributed by atoms with Crippen LogP contribution >= 0.6 is 11.6 Å². The molecule has 1 aliphatic rings. The van der Waals surface area contributed by atoms with Gasteiger partial charge in [0.15, 0.2) is 0 Å². The van der Waals surface area contributed by atoms with Crippen LogP contribution in [0.3, 0.4) is 0 Å². The van der Waals surface area contributed by atoms with Crippen molar-refractivity contribution in [1.82, 2.24) is 0 Å². The molecule has 102 valence electrons. The number of hydrogen-bond acceptors (Lipinski definition) is 2. The number of carbonyl (C=O) groups excluding carboxylic acids is 1. The van der Waals surface area contributed by atoms with Gasteiger partial charge in [-0.05, 0) is 35.7 Å². The summed E-state index contributed by atoms with van der Waals surface area (Å²) < 4.78 is 4.96. The Balaban J connectivity index is 2.45. The summed E-state index contributed by atoms with van der Waals surface area (Å²) in [7, 11) is 0.153. The quantitative estimate of drug-likeness (QED) is 0.598. The molecule has 19 heavy (non-hydrogen) atoms. The summed E-state index contributed by atoms with van der Waals surface area (Å²) in [4.78, 5) is 12.0. The number of carbonyl (C=O) groups is 1. The zero-order chi connectivity index (χ0) is 14.0. The summed E-state index contributed by atoms with van der Waals surface area (Å²) in [5.41, 5.74) is 3.09. The van der Waals surface area contributed by atoms with Crippen molar-refractivity contribution < 1.29 is 9.53 Å². The number of halogens is 1. The molecule has 1 aliphatic heterocycles. The minimum Gasteiger partial charge on any atom is -0.466 e. The van der Waals surface area contributed by atoms with Crippen LogP contribution in [-0.4, -0.2) is 21.2 Å². The Kier molecular flexibility index (Phi) is 4.16. The maximum Gasteiger partial charge on any atom is 0.333 e. The lowest BCUT2D eigenvalue weighted by molar-refractivity contribution is -0.136. The van der Waals surface area contributed by atoms with Crippen molar-refractivity contribution in [2.45, 2.75) is 31.6 Å². The second-order valence-electron chi connectivity index (χ2n) is 5.80. The molecule has 0 spiro atoms. The highest BCUT2D eigenvalue weighted by Crippen LogP contribution is 2.38. The fraction of sp³-hybridized carbons (Fsp3) is 0.400. The first kappa shape index (κ1) is 14.3. The molecule has 1 aromatic carbocycles. The fourth-order valence-electron chi connectivity index (χ4n) is 2.58. The van der Waals surface area contributed by atoms with E-state index in [1.165, 1.54) is 13.2 Å². The number of methoxy groups -OCH3 is 1. The van der Waals surface area contributed by atoms with Crippen molar-refractivity contribution in [2.24, 2.45) is 0 Å². The molecule has 0 unspecified atom stereocenters. The molecule has 0 fully saturated rings. The van der Waals surface area contributed by atoms with E-state index in [0.29, 0.717) is 0 Å². The largest absolute Gasteiger partial charge is 0.466 e. The fourth-order valence-corrected chi connectivity index (χ4v) is 5.12. The maximum atomic E-state index is 12.0. The monoisotopic (exact) mass is 294 g/mol. The summed E-state index contributed by atoms with van der Waals surface area (Å²) in [6.07, 6.45) is 0.964. The van der Waals surface area contributed by atoms with E-state index in [4.69, 9.17) is 16.3 Å². The standard InChI is InChI=1S/C15H19ClO2Si/c1-18-15(17)14-10-19(2,3)9-8-13(14)11-4-6-12(16)7-5-11/h4-7H,8-10H2,1-3H3. The predicted octanol–water partition coefficient (Wildman–Crippen LogP) is 4.38. The lowest BCUT2D eigenvalue weighted by Crippen LogP contribution is -2.31. The number of benzene rings is 1. The molecule has 0 bridgehead atoms. The first-order valence-electron chi connectivity index (χ1n) is 6.49. The van der Waals surface area contributed by atoms with Crippen molar-refractivity contribution in [2.75, 3.05) is 7.11 Å². The molecule has 1 aromatic rings. The zero-order valence-corrected chi connectivity index (χ0v) is 13.4. The van der Waals surface area contributed by atoms with Gasteiger partial charge in [0.2, 0.25) is 0 Å². The van der Waals surface area contributed by atoms with E-state index in [1.807, 2.05) is 24.3 Å². The van der Waals surface area contributed by atoms with Gasteiger partial charge in [-0.15, -0.1) is 0 Å². The highest BCUT2D eigenvalue weighted by Gasteiger charge is 2.32. The second-order valence-corrected chi connectivity index (χ2v) is 11.4. The van der Waals surface area contributed by atoms with Gasteiger partial charge in [-0.3, -0.25) is 0 Å². The summed E-state index contributed by atoms with van der Waals surface area (Å²) in [6.45, 7) is 4.66. The number of allylic oxidation sites excluding steroid dienone is 1. The molecule has 0 saturated carbocycles. The van der Waals surface area contributed by atoms with Gasteiger partial charge in [0.05, 0.1) is 15.2 Å². The molecule has 4 heteroatoms. The Morgan fingerprint density at radius 1 is 1.26 bits per heavy atom. The SMILES string of the molecule is COC(=O)C1=C(c2ccc(Cl)cc2)CC[Si](C)(C)C1. The van der Waals surface area contributed by atoms with Gasteiger partial charge in [-0.1, -0.05) is 42.9 Å². The van der Waals surface area contributed by atoms with Crippen molar-refractivity contribution in [3.8, 4) is 0 Å². The van der Waals surface area contributed by atoms with Crippen molar-refractivity contribution in [3.63, 3.8) is 0 Å². The summed E-state index contributed by atoms with van der Waals surface area (Å²) >= 11 is 5.92. The number of rotatable bonds is 2. The normalized spacial score (nSPS) is 18.3. The van der Waals surface area contributed by atoms with Crippen LogP contribution in [0.4, 0.5) is 0 Å². The van der Waals surface area contributed by atoms with Gasteiger partial charge < -0.3 is 4.74 Å². The van der Waals surface area contributed by atoms with Gasteiger partial charge >= 0.3 is 5.97 Å². The van der Waals surface area contributed by atoms with E-state index < -0.39 is 8.07 Å². The minimum atomic E-state index is -1.30. The molecular formula is C15H19ClO2Si. The third kappa shape index (κ3) is 3.28. The van der Waals surface area contributed by atoms with Gasteiger partial charge in [-0.2, -0.15) is 0 Å². The van der Waals surface area contributed by atoms with E-state index in [2.05, 4.69) is 13.1 Å². The Morgan fingerprint density at radius 2 is 1.89 bits per heavy atom. The molecular weight excluding hydrogens is 276 g/mol. The molecule has 0 saturated heterocycles. The predicted molar refractivity (Wildman–Crippen MR) is 82.1 cm³/mol. The third-order valence-electron chi connectivity index (χ3n) is 3.70. The summed E-state index contributed by atoms with van der Waals surface area (Å²) in [5.74, 6) is -0.176. The van der Waals surface area contributed by atoms with Crippen LogP contribution in [0.2, 0.25) is 30.2 Å². The molecule has 0 amide bonds. The van der Waals surface area contributed by atoms with Gasteiger partial charge in [-0.25, -0.2) is 4.79 Å². The smallest absolute Gasteiger partial charge is 0.333 e.